The van der Waals surface area contributed by atoms with E-state index in [1.165, 1.54) is 7.11 Å². The van der Waals surface area contributed by atoms with Gasteiger partial charge in [0.25, 0.3) is 0 Å². The molecule has 0 saturated carbocycles. The van der Waals surface area contributed by atoms with E-state index in [0.29, 0.717) is 0 Å². The smallest absolute Gasteiger partial charge is 0.407 e. The fourth-order valence-corrected chi connectivity index (χ4v) is 4.09. The first-order chi connectivity index (χ1) is 16.1. The van der Waals surface area contributed by atoms with E-state index in [0.717, 1.165) is 22.3 Å². The van der Waals surface area contributed by atoms with Crippen LogP contribution >= 0.6 is 0 Å². The molecule has 8 nitrogen and oxygen atoms in total. The SMILES string of the molecule is COC(CNC(=O)CC(NC(=O)OCC1c2ccccc2-c2ccccc21)C(C)(C)C)C(=O)O. The number of aliphatic carboxylic acids is 1. The van der Waals surface area contributed by atoms with Gasteiger partial charge in [-0.2, -0.15) is 0 Å². The Bertz CT molecular complexity index is 1000. The highest BCUT2D eigenvalue weighted by Crippen LogP contribution is 2.44. The van der Waals surface area contributed by atoms with Crippen LogP contribution in [0.5, 0.6) is 0 Å². The summed E-state index contributed by atoms with van der Waals surface area (Å²) in [5, 5.41) is 14.4. The van der Waals surface area contributed by atoms with Gasteiger partial charge in [-0.05, 0) is 27.7 Å². The van der Waals surface area contributed by atoms with E-state index >= 15 is 0 Å². The lowest BCUT2D eigenvalue weighted by Gasteiger charge is -2.31. The maximum absolute atomic E-state index is 12.7. The zero-order valence-electron chi connectivity index (χ0n) is 20.0. The molecule has 2 aromatic rings. The maximum atomic E-state index is 12.7. The predicted molar refractivity (Wildman–Crippen MR) is 128 cm³/mol. The molecule has 0 radical (unpaired) electrons. The van der Waals surface area contributed by atoms with Crippen molar-refractivity contribution < 1.29 is 29.0 Å². The summed E-state index contributed by atoms with van der Waals surface area (Å²) in [6, 6.07) is 15.7. The van der Waals surface area contributed by atoms with Crippen LogP contribution in [0.4, 0.5) is 4.79 Å². The minimum atomic E-state index is -1.16. The summed E-state index contributed by atoms with van der Waals surface area (Å²) in [5.74, 6) is -1.61. The highest BCUT2D eigenvalue weighted by molar-refractivity contribution is 5.80. The number of benzene rings is 2. The summed E-state index contributed by atoms with van der Waals surface area (Å²) in [4.78, 5) is 36.2. The van der Waals surface area contributed by atoms with E-state index in [1.807, 2.05) is 57.2 Å². The Morgan fingerprint density at radius 1 is 1.00 bits per heavy atom. The molecule has 3 rings (SSSR count). The molecule has 2 amide bonds. The Morgan fingerprint density at radius 2 is 1.56 bits per heavy atom. The molecule has 0 saturated heterocycles. The quantitative estimate of drug-likeness (QED) is 0.519. The van der Waals surface area contributed by atoms with Crippen molar-refractivity contribution >= 4 is 18.0 Å². The zero-order valence-corrected chi connectivity index (χ0v) is 20.0. The molecule has 0 aliphatic heterocycles. The first kappa shape index (κ1) is 25.2. The third-order valence-corrected chi connectivity index (χ3v) is 6.12. The van der Waals surface area contributed by atoms with Crippen molar-refractivity contribution in [1.29, 1.82) is 0 Å². The Balaban J connectivity index is 1.61. The lowest BCUT2D eigenvalue weighted by atomic mass is 9.84. The van der Waals surface area contributed by atoms with Gasteiger partial charge < -0.3 is 25.2 Å². The van der Waals surface area contributed by atoms with E-state index in [-0.39, 0.29) is 31.4 Å². The predicted octanol–water partition coefficient (Wildman–Crippen LogP) is 3.55. The Morgan fingerprint density at radius 3 is 2.06 bits per heavy atom. The molecule has 2 unspecified atom stereocenters. The van der Waals surface area contributed by atoms with Gasteiger partial charge in [-0.3, -0.25) is 4.79 Å². The number of hydrogen-bond donors (Lipinski definition) is 3. The van der Waals surface area contributed by atoms with Crippen LogP contribution in [-0.2, 0) is 19.1 Å². The van der Waals surface area contributed by atoms with Gasteiger partial charge in [0, 0.05) is 25.5 Å². The Kier molecular flexibility index (Phi) is 7.94. The van der Waals surface area contributed by atoms with Crippen LogP contribution in [0.1, 0.15) is 44.2 Å². The molecule has 2 atom stereocenters. The Labute approximate surface area is 199 Å². The highest BCUT2D eigenvalue weighted by atomic mass is 16.5. The topological polar surface area (TPSA) is 114 Å². The van der Waals surface area contributed by atoms with E-state index in [2.05, 4.69) is 22.8 Å². The van der Waals surface area contributed by atoms with E-state index in [4.69, 9.17) is 14.6 Å². The second-order valence-electron chi connectivity index (χ2n) is 9.46. The van der Waals surface area contributed by atoms with Crippen LogP contribution in [0.25, 0.3) is 11.1 Å². The summed E-state index contributed by atoms with van der Waals surface area (Å²) in [6.07, 6.45) is -1.76. The van der Waals surface area contributed by atoms with Gasteiger partial charge in [0.05, 0.1) is 6.54 Å². The van der Waals surface area contributed by atoms with Crippen LogP contribution < -0.4 is 10.6 Å². The zero-order chi connectivity index (χ0) is 24.9. The van der Waals surface area contributed by atoms with E-state index in [1.54, 1.807) is 0 Å². The van der Waals surface area contributed by atoms with Crippen LogP contribution in [0, 0.1) is 5.41 Å². The van der Waals surface area contributed by atoms with Gasteiger partial charge in [-0.1, -0.05) is 69.3 Å². The van der Waals surface area contributed by atoms with Gasteiger partial charge in [0.15, 0.2) is 6.10 Å². The van der Waals surface area contributed by atoms with Crippen LogP contribution in [-0.4, -0.2) is 55.5 Å². The standard InChI is InChI=1S/C26H32N2O6/c1-26(2,3)22(13-23(29)27-14-21(33-4)24(30)31)28-25(32)34-15-20-18-11-7-5-9-16(18)17-10-6-8-12-19(17)20/h5-12,20-22H,13-15H2,1-4H3,(H,27,29)(H,28,32)(H,30,31). The second-order valence-corrected chi connectivity index (χ2v) is 9.46. The average molecular weight is 469 g/mol. The maximum Gasteiger partial charge on any atom is 0.407 e. The Hall–Kier alpha value is -3.39. The van der Waals surface area contributed by atoms with Crippen LogP contribution in [0.3, 0.4) is 0 Å². The van der Waals surface area contributed by atoms with Gasteiger partial charge in [-0.25, -0.2) is 9.59 Å². The van der Waals surface area contributed by atoms with Crippen molar-refractivity contribution in [3.63, 3.8) is 0 Å². The molecule has 34 heavy (non-hydrogen) atoms. The molecule has 2 aromatic carbocycles. The number of carbonyl (C=O) groups excluding carboxylic acids is 2. The molecule has 0 aromatic heterocycles. The second kappa shape index (κ2) is 10.7. The minimum Gasteiger partial charge on any atom is -0.479 e. The van der Waals surface area contributed by atoms with Crippen LogP contribution in [0.2, 0.25) is 0 Å². The van der Waals surface area contributed by atoms with Gasteiger partial charge in [0.1, 0.15) is 6.61 Å². The third-order valence-electron chi connectivity index (χ3n) is 6.12. The number of amides is 2. The monoisotopic (exact) mass is 468 g/mol. The van der Waals surface area contributed by atoms with E-state index < -0.39 is 29.6 Å². The number of alkyl carbamates (subject to hydrolysis) is 1. The number of rotatable bonds is 9. The number of carbonyl (C=O) groups is 3. The molecule has 0 spiro atoms. The van der Waals surface area contributed by atoms with Crippen molar-refractivity contribution in [2.75, 3.05) is 20.3 Å². The highest BCUT2D eigenvalue weighted by Gasteiger charge is 2.32. The molecular formula is C26H32N2O6. The van der Waals surface area contributed by atoms with Crippen molar-refractivity contribution in [2.24, 2.45) is 5.41 Å². The average Bonchev–Trinajstić information content (AvgIpc) is 3.10. The first-order valence-corrected chi connectivity index (χ1v) is 11.3. The number of methoxy groups -OCH3 is 1. The number of hydrogen-bond acceptors (Lipinski definition) is 5. The summed E-state index contributed by atoms with van der Waals surface area (Å²) in [5.41, 5.74) is 4.10. The fourth-order valence-electron chi connectivity index (χ4n) is 4.09. The van der Waals surface area contributed by atoms with Crippen molar-refractivity contribution in [3.8, 4) is 11.1 Å². The molecule has 0 fully saturated rings. The number of ether oxygens (including phenoxy) is 2. The number of carboxylic acid groups (broad SMARTS) is 1. The molecule has 182 valence electrons. The number of nitrogens with one attached hydrogen (secondary N) is 2. The normalized spacial score (nSPS) is 14.5. The molecule has 0 heterocycles. The lowest BCUT2D eigenvalue weighted by molar-refractivity contribution is -0.148. The lowest BCUT2D eigenvalue weighted by Crippen LogP contribution is -2.48. The van der Waals surface area contributed by atoms with Crippen molar-refractivity contribution in [1.82, 2.24) is 10.6 Å². The van der Waals surface area contributed by atoms with Crippen LogP contribution in [0.15, 0.2) is 48.5 Å². The molecule has 1 aliphatic carbocycles. The number of carboxylic acids is 1. The van der Waals surface area contributed by atoms with E-state index in [9.17, 15) is 14.4 Å². The molecule has 0 bridgehead atoms. The summed E-state index contributed by atoms with van der Waals surface area (Å²) >= 11 is 0. The number of fused-ring (bicyclic) bond motifs is 3. The first-order valence-electron chi connectivity index (χ1n) is 11.3. The molecule has 8 heteroatoms. The summed E-state index contributed by atoms with van der Waals surface area (Å²) in [6.45, 7) is 5.74. The van der Waals surface area contributed by atoms with Gasteiger partial charge in [-0.15, -0.1) is 0 Å². The van der Waals surface area contributed by atoms with Gasteiger partial charge >= 0.3 is 12.1 Å². The van der Waals surface area contributed by atoms with Crippen molar-refractivity contribution in [2.45, 2.75) is 45.3 Å². The molecule has 1 aliphatic rings. The largest absolute Gasteiger partial charge is 0.479 e. The minimum absolute atomic E-state index is 0.0241. The van der Waals surface area contributed by atoms with Crippen molar-refractivity contribution in [3.05, 3.63) is 59.7 Å². The molecule has 3 N–H and O–H groups in total. The summed E-state index contributed by atoms with van der Waals surface area (Å²) < 4.78 is 10.4. The summed E-state index contributed by atoms with van der Waals surface area (Å²) in [7, 11) is 1.27. The van der Waals surface area contributed by atoms with Gasteiger partial charge in [0.2, 0.25) is 5.91 Å². The third kappa shape index (κ3) is 5.94. The fraction of sp³-hybridized carbons (Fsp3) is 0.423. The molecular weight excluding hydrogens is 436 g/mol.